The molecule has 5 rings (SSSR count). The molecule has 0 fully saturated rings. The summed E-state index contributed by atoms with van der Waals surface area (Å²) in [5, 5.41) is 15.0. The van der Waals surface area contributed by atoms with Gasteiger partial charge >= 0.3 is 0 Å². The molecule has 0 bridgehead atoms. The summed E-state index contributed by atoms with van der Waals surface area (Å²) in [7, 11) is 1.92. The van der Waals surface area contributed by atoms with Crippen molar-refractivity contribution < 1.29 is 9.28 Å². The van der Waals surface area contributed by atoms with Crippen LogP contribution < -0.4 is 10.6 Å². The van der Waals surface area contributed by atoms with E-state index in [0.29, 0.717) is 12.1 Å². The molecule has 32 heavy (non-hydrogen) atoms. The molecule has 2 N–H and O–H groups in total. The monoisotopic (exact) mass is 433 g/mol. The van der Waals surface area contributed by atoms with Crippen LogP contribution >= 0.6 is 0 Å². The van der Waals surface area contributed by atoms with Crippen LogP contribution in [0.3, 0.4) is 0 Å². The maximum absolute atomic E-state index is 14.6. The SMILES string of the molecule is CCn1ncnc1C1C2=C3C(=CC1c1ccc(CNC)cc1)C=NN(F)C3=CC(=O)CN2. The smallest absolute Gasteiger partial charge is 0.176 e. The Bertz CT molecular complexity index is 1180. The Labute approximate surface area is 185 Å². The van der Waals surface area contributed by atoms with Gasteiger partial charge in [0.2, 0.25) is 0 Å². The first-order valence-electron chi connectivity index (χ1n) is 10.7. The Morgan fingerprint density at radius 1 is 1.28 bits per heavy atom. The molecule has 0 saturated heterocycles. The molecule has 3 heterocycles. The first kappa shape index (κ1) is 20.3. The molecule has 9 heteroatoms. The Kier molecular flexibility index (Phi) is 5.18. The number of hydrogen-bond acceptors (Lipinski definition) is 7. The summed E-state index contributed by atoms with van der Waals surface area (Å²) >= 11 is 0. The fourth-order valence-corrected chi connectivity index (χ4v) is 4.63. The van der Waals surface area contributed by atoms with Crippen LogP contribution in [-0.2, 0) is 17.9 Å². The van der Waals surface area contributed by atoms with Gasteiger partial charge in [0.25, 0.3) is 0 Å². The van der Waals surface area contributed by atoms with E-state index in [1.165, 1.54) is 17.9 Å². The van der Waals surface area contributed by atoms with Gasteiger partial charge in [-0.05, 0) is 25.1 Å². The summed E-state index contributed by atoms with van der Waals surface area (Å²) in [6, 6.07) is 8.42. The van der Waals surface area contributed by atoms with E-state index in [0.717, 1.165) is 29.2 Å². The number of carbonyl (C=O) groups is 1. The van der Waals surface area contributed by atoms with Gasteiger partial charge in [-0.1, -0.05) is 40.1 Å². The standard InChI is InChI=1S/C23H24FN7O/c1-3-30-23(27-13-29-30)21-18(15-6-4-14(5-7-15)10-25-2)8-16-11-28-31(24)19-9-17(32)12-26-22(21)20(16)19/h4-9,11,13,18,21,25-26H,3,10,12H2,1-2H3. The van der Waals surface area contributed by atoms with Crippen molar-refractivity contribution in [3.63, 3.8) is 0 Å². The van der Waals surface area contributed by atoms with Crippen LogP contribution in [0.2, 0.25) is 0 Å². The van der Waals surface area contributed by atoms with E-state index in [4.69, 9.17) is 0 Å². The highest BCUT2D eigenvalue weighted by molar-refractivity contribution is 5.97. The summed E-state index contributed by atoms with van der Waals surface area (Å²) < 4.78 is 16.5. The summed E-state index contributed by atoms with van der Waals surface area (Å²) in [6.45, 7) is 3.52. The van der Waals surface area contributed by atoms with E-state index in [-0.39, 0.29) is 35.1 Å². The zero-order chi connectivity index (χ0) is 22.2. The highest BCUT2D eigenvalue weighted by Crippen LogP contribution is 2.47. The minimum atomic E-state index is -0.263. The predicted molar refractivity (Wildman–Crippen MR) is 118 cm³/mol. The Hall–Kier alpha value is -3.59. The highest BCUT2D eigenvalue weighted by atomic mass is 19.2. The molecule has 2 unspecified atom stereocenters. The number of ketones is 1. The van der Waals surface area contributed by atoms with Gasteiger partial charge in [-0.15, -0.1) is 5.10 Å². The Balaban J connectivity index is 1.70. The molecular formula is C23H24FN7O. The average molecular weight is 433 g/mol. The van der Waals surface area contributed by atoms with E-state index < -0.39 is 0 Å². The first-order chi connectivity index (χ1) is 15.6. The molecule has 0 saturated carbocycles. The maximum Gasteiger partial charge on any atom is 0.176 e. The second-order valence-corrected chi connectivity index (χ2v) is 7.97. The van der Waals surface area contributed by atoms with E-state index in [1.807, 2.05) is 18.7 Å². The lowest BCUT2D eigenvalue weighted by Crippen LogP contribution is -2.33. The normalized spacial score (nSPS) is 22.2. The number of hydrogen-bond donors (Lipinski definition) is 2. The average Bonchev–Trinajstić information content (AvgIpc) is 3.20. The van der Waals surface area contributed by atoms with E-state index in [9.17, 15) is 9.28 Å². The van der Waals surface area contributed by atoms with E-state index >= 15 is 0 Å². The maximum atomic E-state index is 14.6. The van der Waals surface area contributed by atoms with Gasteiger partial charge in [0.1, 0.15) is 17.8 Å². The lowest BCUT2D eigenvalue weighted by molar-refractivity contribution is -0.113. The van der Waals surface area contributed by atoms with Gasteiger partial charge in [-0.2, -0.15) is 5.10 Å². The van der Waals surface area contributed by atoms with Gasteiger partial charge in [0.15, 0.2) is 5.78 Å². The van der Waals surface area contributed by atoms with Crippen LogP contribution in [0.4, 0.5) is 4.48 Å². The molecule has 2 atom stereocenters. The molecular weight excluding hydrogens is 409 g/mol. The van der Waals surface area contributed by atoms with Crippen LogP contribution in [0, 0.1) is 0 Å². The van der Waals surface area contributed by atoms with E-state index in [2.05, 4.69) is 56.2 Å². The molecule has 3 aliphatic rings. The van der Waals surface area contributed by atoms with Gasteiger partial charge in [0, 0.05) is 41.9 Å². The molecule has 0 spiro atoms. The molecule has 8 nitrogen and oxygen atoms in total. The number of nitrogens with one attached hydrogen (secondary N) is 2. The fraction of sp³-hybridized carbons (Fsp3) is 0.304. The van der Waals surface area contributed by atoms with Crippen molar-refractivity contribution in [1.29, 1.82) is 0 Å². The largest absolute Gasteiger partial charge is 0.380 e. The van der Waals surface area contributed by atoms with Gasteiger partial charge in [-0.3, -0.25) is 4.79 Å². The topological polar surface area (TPSA) is 87.4 Å². The molecule has 2 aromatic rings. The highest BCUT2D eigenvalue weighted by Gasteiger charge is 2.41. The van der Waals surface area contributed by atoms with Gasteiger partial charge in [0.05, 0.1) is 18.7 Å². The van der Waals surface area contributed by atoms with Crippen molar-refractivity contribution in [3.05, 3.63) is 82.2 Å². The minimum absolute atomic E-state index is 0.0774. The third kappa shape index (κ3) is 3.34. The van der Waals surface area contributed by atoms with Crippen molar-refractivity contribution in [1.82, 2.24) is 30.6 Å². The second kappa shape index (κ2) is 8.16. The molecule has 0 radical (unpaired) electrons. The number of aryl methyl sites for hydroxylation is 1. The Morgan fingerprint density at radius 3 is 2.84 bits per heavy atom. The number of nitrogens with zero attached hydrogens (tertiary/aromatic N) is 5. The summed E-state index contributed by atoms with van der Waals surface area (Å²) in [4.78, 5) is 16.9. The summed E-state index contributed by atoms with van der Waals surface area (Å²) in [5.41, 5.74) is 4.62. The van der Waals surface area contributed by atoms with Crippen molar-refractivity contribution in [2.24, 2.45) is 5.10 Å². The van der Waals surface area contributed by atoms with Crippen LogP contribution in [0.25, 0.3) is 0 Å². The molecule has 0 amide bonds. The molecule has 164 valence electrons. The zero-order valence-corrected chi connectivity index (χ0v) is 17.9. The number of carbonyl (C=O) groups excluding carboxylic acids is 1. The van der Waals surface area contributed by atoms with Crippen LogP contribution in [0.5, 0.6) is 0 Å². The van der Waals surface area contributed by atoms with Crippen LogP contribution in [-0.4, -0.2) is 45.6 Å². The summed E-state index contributed by atoms with van der Waals surface area (Å²) in [6.07, 6.45) is 6.45. The van der Waals surface area contributed by atoms with Crippen molar-refractivity contribution in [2.75, 3.05) is 13.6 Å². The van der Waals surface area contributed by atoms with Gasteiger partial charge in [-0.25, -0.2) is 9.67 Å². The number of halogens is 1. The fourth-order valence-electron chi connectivity index (χ4n) is 4.63. The minimum Gasteiger partial charge on any atom is -0.380 e. The summed E-state index contributed by atoms with van der Waals surface area (Å²) in [5.74, 6) is 0.197. The number of benzene rings is 1. The number of hydrazone groups is 1. The quantitative estimate of drug-likeness (QED) is 0.704. The zero-order valence-electron chi connectivity index (χ0n) is 17.9. The number of rotatable bonds is 5. The lowest BCUT2D eigenvalue weighted by Gasteiger charge is -2.35. The van der Waals surface area contributed by atoms with Crippen molar-refractivity contribution in [2.45, 2.75) is 31.8 Å². The Morgan fingerprint density at radius 2 is 2.09 bits per heavy atom. The third-order valence-corrected chi connectivity index (χ3v) is 6.06. The van der Waals surface area contributed by atoms with Crippen LogP contribution in [0.15, 0.2) is 70.4 Å². The molecule has 2 aliphatic heterocycles. The van der Waals surface area contributed by atoms with Crippen molar-refractivity contribution >= 4 is 12.0 Å². The number of allylic oxidation sites excluding steroid dienone is 3. The number of aromatic nitrogens is 3. The van der Waals surface area contributed by atoms with Crippen molar-refractivity contribution in [3.8, 4) is 0 Å². The van der Waals surface area contributed by atoms with Crippen LogP contribution in [0.1, 0.15) is 35.7 Å². The molecule has 1 aliphatic carbocycles. The third-order valence-electron chi connectivity index (χ3n) is 6.06. The molecule has 1 aromatic carbocycles. The first-order valence-corrected chi connectivity index (χ1v) is 10.7. The predicted octanol–water partition coefficient (Wildman–Crippen LogP) is 2.32. The second-order valence-electron chi connectivity index (χ2n) is 7.97. The lowest BCUT2D eigenvalue weighted by atomic mass is 9.74. The molecule has 1 aromatic heterocycles. The van der Waals surface area contributed by atoms with E-state index in [1.54, 1.807) is 6.33 Å². The van der Waals surface area contributed by atoms with Gasteiger partial charge < -0.3 is 10.6 Å².